The number of amides is 2. The van der Waals surface area contributed by atoms with E-state index in [0.29, 0.717) is 0 Å². The third kappa shape index (κ3) is 4.57. The lowest BCUT2D eigenvalue weighted by molar-refractivity contribution is -0.144. The number of hydrogen-bond donors (Lipinski definition) is 2. The lowest BCUT2D eigenvalue weighted by atomic mass is 10.2. The number of esters is 1. The van der Waals surface area contributed by atoms with E-state index in [4.69, 9.17) is 0 Å². The number of urea groups is 1. The molecule has 2 amide bonds. The summed E-state index contributed by atoms with van der Waals surface area (Å²) in [7, 11) is 1.28. The molecule has 0 aromatic heterocycles. The molecular formula is C13H17FN2O3. The second-order valence-corrected chi connectivity index (χ2v) is 4.24. The largest absolute Gasteiger partial charge is 0.469 e. The van der Waals surface area contributed by atoms with Crippen LogP contribution < -0.4 is 10.6 Å². The van der Waals surface area contributed by atoms with E-state index < -0.39 is 23.7 Å². The van der Waals surface area contributed by atoms with Crippen LogP contribution in [0.1, 0.15) is 12.5 Å². The molecule has 0 fully saturated rings. The first-order valence-corrected chi connectivity index (χ1v) is 5.83. The Morgan fingerprint density at radius 1 is 1.42 bits per heavy atom. The minimum Gasteiger partial charge on any atom is -0.469 e. The number of aryl methyl sites for hydroxylation is 1. The number of nitrogens with one attached hydrogen (secondary N) is 2. The zero-order valence-electron chi connectivity index (χ0n) is 11.1. The summed E-state index contributed by atoms with van der Waals surface area (Å²) in [5.74, 6) is -1.38. The van der Waals surface area contributed by atoms with Gasteiger partial charge >= 0.3 is 12.0 Å². The second kappa shape index (κ2) is 6.72. The van der Waals surface area contributed by atoms with Gasteiger partial charge in [0.2, 0.25) is 0 Å². The molecule has 0 aliphatic rings. The van der Waals surface area contributed by atoms with Gasteiger partial charge in [0.1, 0.15) is 5.82 Å². The highest BCUT2D eigenvalue weighted by Gasteiger charge is 2.14. The zero-order chi connectivity index (χ0) is 14.4. The van der Waals surface area contributed by atoms with Crippen LogP contribution in [0.5, 0.6) is 0 Å². The fraction of sp³-hybridized carbons (Fsp3) is 0.385. The van der Waals surface area contributed by atoms with Gasteiger partial charge in [-0.25, -0.2) is 9.18 Å². The molecular weight excluding hydrogens is 251 g/mol. The van der Waals surface area contributed by atoms with Crippen LogP contribution in [-0.2, 0) is 9.53 Å². The third-order valence-electron chi connectivity index (χ3n) is 2.55. The minimum absolute atomic E-state index is 0.0915. The van der Waals surface area contributed by atoms with Gasteiger partial charge in [-0.15, -0.1) is 0 Å². The molecule has 5 nitrogen and oxygen atoms in total. The smallest absolute Gasteiger partial charge is 0.319 e. The van der Waals surface area contributed by atoms with Crippen molar-refractivity contribution in [2.24, 2.45) is 5.92 Å². The molecule has 0 unspecified atom stereocenters. The van der Waals surface area contributed by atoms with Crippen molar-refractivity contribution in [2.45, 2.75) is 13.8 Å². The van der Waals surface area contributed by atoms with Crippen molar-refractivity contribution in [1.82, 2.24) is 5.32 Å². The molecule has 1 atom stereocenters. The van der Waals surface area contributed by atoms with E-state index in [9.17, 15) is 14.0 Å². The highest BCUT2D eigenvalue weighted by molar-refractivity contribution is 5.89. The van der Waals surface area contributed by atoms with Crippen LogP contribution in [0, 0.1) is 18.7 Å². The molecule has 104 valence electrons. The summed E-state index contributed by atoms with van der Waals surface area (Å²) in [5, 5.41) is 4.84. The molecule has 1 rings (SSSR count). The first kappa shape index (κ1) is 14.9. The maximum Gasteiger partial charge on any atom is 0.319 e. The van der Waals surface area contributed by atoms with Crippen molar-refractivity contribution >= 4 is 17.7 Å². The summed E-state index contributed by atoms with van der Waals surface area (Å²) in [5.41, 5.74) is 0.858. The van der Waals surface area contributed by atoms with Crippen LogP contribution in [-0.4, -0.2) is 25.7 Å². The van der Waals surface area contributed by atoms with E-state index in [0.717, 1.165) is 5.56 Å². The third-order valence-corrected chi connectivity index (χ3v) is 2.55. The maximum absolute atomic E-state index is 13.5. The molecule has 0 heterocycles. The lowest BCUT2D eigenvalue weighted by Crippen LogP contribution is -2.35. The number of carbonyl (C=O) groups is 2. The molecule has 0 saturated carbocycles. The molecule has 0 aliphatic heterocycles. The van der Waals surface area contributed by atoms with E-state index in [1.165, 1.54) is 19.2 Å². The molecule has 0 saturated heterocycles. The number of hydrogen-bond acceptors (Lipinski definition) is 3. The number of benzene rings is 1. The van der Waals surface area contributed by atoms with E-state index in [1.54, 1.807) is 19.9 Å². The van der Waals surface area contributed by atoms with Gasteiger partial charge in [0, 0.05) is 6.54 Å². The van der Waals surface area contributed by atoms with Crippen molar-refractivity contribution in [1.29, 1.82) is 0 Å². The van der Waals surface area contributed by atoms with Gasteiger partial charge in [-0.1, -0.05) is 13.0 Å². The Morgan fingerprint density at radius 3 is 2.68 bits per heavy atom. The van der Waals surface area contributed by atoms with Gasteiger partial charge in [0.25, 0.3) is 0 Å². The van der Waals surface area contributed by atoms with Gasteiger partial charge in [-0.2, -0.15) is 0 Å². The van der Waals surface area contributed by atoms with E-state index in [2.05, 4.69) is 15.4 Å². The topological polar surface area (TPSA) is 67.4 Å². The van der Waals surface area contributed by atoms with Gasteiger partial charge < -0.3 is 15.4 Å². The highest BCUT2D eigenvalue weighted by Crippen LogP contribution is 2.14. The fourth-order valence-corrected chi connectivity index (χ4v) is 1.42. The molecule has 6 heteroatoms. The van der Waals surface area contributed by atoms with E-state index >= 15 is 0 Å². The molecule has 0 aliphatic carbocycles. The Labute approximate surface area is 111 Å². The van der Waals surface area contributed by atoms with Gasteiger partial charge in [-0.3, -0.25) is 4.79 Å². The minimum atomic E-state index is -0.571. The summed E-state index contributed by atoms with van der Waals surface area (Å²) in [6, 6.07) is 3.93. The number of ether oxygens (including phenoxy) is 1. The predicted octanol–water partition coefficient (Wildman–Crippen LogP) is 2.06. The summed E-state index contributed by atoms with van der Waals surface area (Å²) in [4.78, 5) is 22.6. The second-order valence-electron chi connectivity index (χ2n) is 4.24. The maximum atomic E-state index is 13.5. The van der Waals surface area contributed by atoms with Crippen molar-refractivity contribution in [3.63, 3.8) is 0 Å². The van der Waals surface area contributed by atoms with Gasteiger partial charge in [0.15, 0.2) is 0 Å². The Kier molecular flexibility index (Phi) is 5.29. The zero-order valence-corrected chi connectivity index (χ0v) is 11.1. The number of rotatable bonds is 4. The number of anilines is 1. The first-order valence-electron chi connectivity index (χ1n) is 5.83. The normalized spacial score (nSPS) is 11.6. The molecule has 19 heavy (non-hydrogen) atoms. The molecule has 0 bridgehead atoms. The predicted molar refractivity (Wildman–Crippen MR) is 69.3 cm³/mol. The average Bonchev–Trinajstić information content (AvgIpc) is 2.38. The van der Waals surface area contributed by atoms with E-state index in [-0.39, 0.29) is 12.2 Å². The Balaban J connectivity index is 2.49. The van der Waals surface area contributed by atoms with Crippen molar-refractivity contribution in [2.75, 3.05) is 19.0 Å². The summed E-state index contributed by atoms with van der Waals surface area (Å²) >= 11 is 0. The van der Waals surface area contributed by atoms with Crippen molar-refractivity contribution < 1.29 is 18.7 Å². The van der Waals surface area contributed by atoms with Crippen LogP contribution in [0.2, 0.25) is 0 Å². The summed E-state index contributed by atoms with van der Waals surface area (Å²) in [6.07, 6.45) is 0. The molecule has 0 radical (unpaired) electrons. The average molecular weight is 268 g/mol. The van der Waals surface area contributed by atoms with Crippen molar-refractivity contribution in [3.05, 3.63) is 29.6 Å². The monoisotopic (exact) mass is 268 g/mol. The van der Waals surface area contributed by atoms with Crippen molar-refractivity contribution in [3.8, 4) is 0 Å². The standard InChI is InChI=1S/C13H17FN2O3/c1-8-4-5-11(10(14)6-8)16-13(18)15-7-9(2)12(17)19-3/h4-6,9H,7H2,1-3H3,(H2,15,16,18)/t9-/m0/s1. The highest BCUT2D eigenvalue weighted by atomic mass is 19.1. The van der Waals surface area contributed by atoms with Gasteiger partial charge in [-0.05, 0) is 24.6 Å². The lowest BCUT2D eigenvalue weighted by Gasteiger charge is -2.12. The molecule has 1 aromatic carbocycles. The SMILES string of the molecule is COC(=O)[C@@H](C)CNC(=O)Nc1ccc(C)cc1F. The van der Waals surface area contributed by atoms with Crippen LogP contribution >= 0.6 is 0 Å². The first-order chi connectivity index (χ1) is 8.93. The Bertz CT molecular complexity index is 477. The Morgan fingerprint density at radius 2 is 2.11 bits per heavy atom. The number of carbonyl (C=O) groups excluding carboxylic acids is 2. The molecule has 1 aromatic rings. The molecule has 2 N–H and O–H groups in total. The van der Waals surface area contributed by atoms with Crippen LogP contribution in [0.4, 0.5) is 14.9 Å². The summed E-state index contributed by atoms with van der Waals surface area (Å²) < 4.78 is 18.0. The van der Waals surface area contributed by atoms with Crippen LogP contribution in [0.3, 0.4) is 0 Å². The van der Waals surface area contributed by atoms with E-state index in [1.807, 2.05) is 0 Å². The number of methoxy groups -OCH3 is 1. The van der Waals surface area contributed by atoms with Crippen LogP contribution in [0.15, 0.2) is 18.2 Å². The van der Waals surface area contributed by atoms with Gasteiger partial charge in [0.05, 0.1) is 18.7 Å². The summed E-state index contributed by atoms with van der Waals surface area (Å²) in [6.45, 7) is 3.50. The van der Waals surface area contributed by atoms with Crippen LogP contribution in [0.25, 0.3) is 0 Å². The fourth-order valence-electron chi connectivity index (χ4n) is 1.42. The quantitative estimate of drug-likeness (QED) is 0.821. The number of halogens is 1. The molecule has 0 spiro atoms. The Hall–Kier alpha value is -2.11.